The van der Waals surface area contributed by atoms with Gasteiger partial charge in [0.1, 0.15) is 12.0 Å². The summed E-state index contributed by atoms with van der Waals surface area (Å²) in [6.07, 6.45) is 1.42. The number of hydrogen-bond acceptors (Lipinski definition) is 7. The topological polar surface area (TPSA) is 105 Å². The highest BCUT2D eigenvalue weighted by atomic mass is 32.2. The summed E-state index contributed by atoms with van der Waals surface area (Å²) in [5.74, 6) is -0.544. The van der Waals surface area contributed by atoms with Crippen LogP contribution >= 0.6 is 11.8 Å². The standard InChI is InChI=1S/C15H18N2O6S/c1-2-3-22-15(21)23-13-10(4-8-5-11(19)16-6-8)24-14-9(7-18)12(20)17(13)14/h2,8-9,14,18H,1,3-7H2,(H,16,19)/t8-,9+,14-/m1/s1. The van der Waals surface area contributed by atoms with Crippen LogP contribution in [0.25, 0.3) is 0 Å². The van der Waals surface area contributed by atoms with Crippen LogP contribution < -0.4 is 5.32 Å². The molecule has 3 heterocycles. The van der Waals surface area contributed by atoms with E-state index in [2.05, 4.69) is 11.9 Å². The monoisotopic (exact) mass is 354 g/mol. The Balaban J connectivity index is 1.75. The van der Waals surface area contributed by atoms with E-state index in [4.69, 9.17) is 9.47 Å². The summed E-state index contributed by atoms with van der Waals surface area (Å²) < 4.78 is 10.0. The molecule has 3 aliphatic heterocycles. The first-order chi connectivity index (χ1) is 11.5. The van der Waals surface area contributed by atoms with Crippen molar-refractivity contribution < 1.29 is 29.0 Å². The Kier molecular flexibility index (Phi) is 4.81. The van der Waals surface area contributed by atoms with E-state index >= 15 is 0 Å². The lowest BCUT2D eigenvalue weighted by atomic mass is 9.99. The van der Waals surface area contributed by atoms with Gasteiger partial charge in [0.2, 0.25) is 17.7 Å². The fraction of sp³-hybridized carbons (Fsp3) is 0.533. The number of hydrogen-bond donors (Lipinski definition) is 2. The third kappa shape index (κ3) is 3.01. The van der Waals surface area contributed by atoms with Crippen LogP contribution in [-0.4, -0.2) is 53.1 Å². The number of amides is 2. The van der Waals surface area contributed by atoms with Crippen molar-refractivity contribution in [3.8, 4) is 0 Å². The molecule has 0 radical (unpaired) electrons. The third-order valence-electron chi connectivity index (χ3n) is 4.11. The Morgan fingerprint density at radius 1 is 1.50 bits per heavy atom. The van der Waals surface area contributed by atoms with Crippen LogP contribution in [0.3, 0.4) is 0 Å². The highest BCUT2D eigenvalue weighted by molar-refractivity contribution is 8.04. The van der Waals surface area contributed by atoms with Crippen molar-refractivity contribution in [3.63, 3.8) is 0 Å². The molecule has 3 aliphatic rings. The van der Waals surface area contributed by atoms with Gasteiger partial charge in [-0.2, -0.15) is 0 Å². The molecule has 2 N–H and O–H groups in total. The molecule has 0 bridgehead atoms. The first-order valence-electron chi connectivity index (χ1n) is 7.61. The van der Waals surface area contributed by atoms with Crippen LogP contribution in [0, 0.1) is 11.8 Å². The minimum Gasteiger partial charge on any atom is -0.430 e. The normalized spacial score (nSPS) is 28.4. The van der Waals surface area contributed by atoms with Gasteiger partial charge in [-0.25, -0.2) is 4.79 Å². The predicted octanol–water partition coefficient (Wildman–Crippen LogP) is 0.544. The van der Waals surface area contributed by atoms with Crippen molar-refractivity contribution in [3.05, 3.63) is 23.4 Å². The van der Waals surface area contributed by atoms with Crippen molar-refractivity contribution in [2.24, 2.45) is 11.8 Å². The lowest BCUT2D eigenvalue weighted by Crippen LogP contribution is -2.58. The average Bonchev–Trinajstić information content (AvgIpc) is 3.08. The van der Waals surface area contributed by atoms with Gasteiger partial charge in [0.25, 0.3) is 0 Å². The molecule has 3 rings (SSSR count). The third-order valence-corrected chi connectivity index (χ3v) is 5.51. The van der Waals surface area contributed by atoms with Crippen LogP contribution in [0.5, 0.6) is 0 Å². The summed E-state index contributed by atoms with van der Waals surface area (Å²) in [5.41, 5.74) is 0. The fourth-order valence-corrected chi connectivity index (χ4v) is 4.46. The van der Waals surface area contributed by atoms with Gasteiger partial charge in [0, 0.05) is 17.9 Å². The molecular formula is C15H18N2O6S. The molecule has 2 fully saturated rings. The molecule has 24 heavy (non-hydrogen) atoms. The van der Waals surface area contributed by atoms with E-state index in [-0.39, 0.29) is 42.2 Å². The van der Waals surface area contributed by atoms with Gasteiger partial charge in [-0.15, -0.1) is 0 Å². The maximum atomic E-state index is 12.1. The number of fused-ring (bicyclic) bond motifs is 1. The van der Waals surface area contributed by atoms with Crippen LogP contribution in [0.15, 0.2) is 23.4 Å². The van der Waals surface area contributed by atoms with E-state index in [0.29, 0.717) is 19.4 Å². The van der Waals surface area contributed by atoms with E-state index in [1.807, 2.05) is 0 Å². The number of allylic oxidation sites excluding steroid dienone is 1. The fourth-order valence-electron chi connectivity index (χ4n) is 2.92. The van der Waals surface area contributed by atoms with Gasteiger partial charge in [0.15, 0.2) is 0 Å². The molecule has 2 amide bonds. The summed E-state index contributed by atoms with van der Waals surface area (Å²) >= 11 is 1.39. The molecule has 0 aromatic carbocycles. The van der Waals surface area contributed by atoms with E-state index in [1.165, 1.54) is 22.7 Å². The van der Waals surface area contributed by atoms with E-state index < -0.39 is 12.1 Å². The van der Waals surface area contributed by atoms with E-state index in [9.17, 15) is 19.5 Å². The minimum atomic E-state index is -0.912. The maximum absolute atomic E-state index is 12.1. The van der Waals surface area contributed by atoms with Gasteiger partial charge in [-0.1, -0.05) is 24.4 Å². The van der Waals surface area contributed by atoms with Crippen molar-refractivity contribution in [2.75, 3.05) is 19.8 Å². The maximum Gasteiger partial charge on any atom is 0.515 e. The Bertz CT molecular complexity index is 619. The summed E-state index contributed by atoms with van der Waals surface area (Å²) in [6, 6.07) is 0. The Morgan fingerprint density at radius 3 is 2.92 bits per heavy atom. The molecule has 3 atom stereocenters. The van der Waals surface area contributed by atoms with Gasteiger partial charge < -0.3 is 19.9 Å². The van der Waals surface area contributed by atoms with Crippen LogP contribution in [0.1, 0.15) is 12.8 Å². The highest BCUT2D eigenvalue weighted by Gasteiger charge is 2.55. The summed E-state index contributed by atoms with van der Waals surface area (Å²) in [4.78, 5) is 37.3. The SMILES string of the molecule is C=CCOC(=O)OC1=C(C[C@H]2CNC(=O)C2)S[C@@H]2[C@@H](CO)C(=O)N12. The molecular weight excluding hydrogens is 336 g/mol. The van der Waals surface area contributed by atoms with Crippen LogP contribution in [-0.2, 0) is 19.1 Å². The largest absolute Gasteiger partial charge is 0.515 e. The molecule has 0 unspecified atom stereocenters. The predicted molar refractivity (Wildman–Crippen MR) is 84.2 cm³/mol. The van der Waals surface area contributed by atoms with E-state index in [0.717, 1.165) is 4.91 Å². The molecule has 0 aromatic heterocycles. The minimum absolute atomic E-state index is 0.00623. The Labute approximate surface area is 142 Å². The zero-order chi connectivity index (χ0) is 17.3. The second-order valence-electron chi connectivity index (χ2n) is 5.76. The molecule has 8 nitrogen and oxygen atoms in total. The quantitative estimate of drug-likeness (QED) is 0.407. The number of nitrogens with zero attached hydrogens (tertiary/aromatic N) is 1. The van der Waals surface area contributed by atoms with Crippen LogP contribution in [0.4, 0.5) is 4.79 Å². The summed E-state index contributed by atoms with van der Waals surface area (Å²) in [5, 5.41) is 11.8. The molecule has 9 heteroatoms. The van der Waals surface area contributed by atoms with Crippen molar-refractivity contribution >= 4 is 29.7 Å². The summed E-state index contributed by atoms with van der Waals surface area (Å²) in [6.45, 7) is 3.76. The molecule has 0 aliphatic carbocycles. The number of carbonyl (C=O) groups is 3. The number of nitrogens with one attached hydrogen (secondary N) is 1. The number of aliphatic hydroxyl groups excluding tert-OH is 1. The van der Waals surface area contributed by atoms with E-state index in [1.54, 1.807) is 0 Å². The smallest absolute Gasteiger partial charge is 0.430 e. The van der Waals surface area contributed by atoms with Crippen LogP contribution in [0.2, 0.25) is 0 Å². The van der Waals surface area contributed by atoms with Gasteiger partial charge >= 0.3 is 6.16 Å². The number of rotatable bonds is 6. The second-order valence-corrected chi connectivity index (χ2v) is 6.98. The van der Waals surface area contributed by atoms with Crippen molar-refractivity contribution in [1.82, 2.24) is 10.2 Å². The number of thioether (sulfide) groups is 1. The Morgan fingerprint density at radius 2 is 2.29 bits per heavy atom. The molecule has 0 saturated carbocycles. The number of β-lactam (4-membered cyclic amide) rings is 1. The molecule has 0 spiro atoms. The molecule has 0 aromatic rings. The zero-order valence-corrected chi connectivity index (χ0v) is 13.7. The van der Waals surface area contributed by atoms with Gasteiger partial charge in [-0.3, -0.25) is 14.5 Å². The van der Waals surface area contributed by atoms with Crippen molar-refractivity contribution in [2.45, 2.75) is 18.2 Å². The highest BCUT2D eigenvalue weighted by Crippen LogP contribution is 2.51. The zero-order valence-electron chi connectivity index (χ0n) is 12.9. The number of ether oxygens (including phenoxy) is 2. The lowest BCUT2D eigenvalue weighted by Gasteiger charge is -2.40. The first-order valence-corrected chi connectivity index (χ1v) is 8.49. The average molecular weight is 354 g/mol. The number of aliphatic hydroxyl groups is 1. The van der Waals surface area contributed by atoms with Crippen molar-refractivity contribution in [1.29, 1.82) is 0 Å². The Hall–Kier alpha value is -2.00. The molecule has 130 valence electrons. The second kappa shape index (κ2) is 6.86. The molecule has 2 saturated heterocycles. The first kappa shape index (κ1) is 16.8. The number of carbonyl (C=O) groups excluding carboxylic acids is 3. The lowest BCUT2D eigenvalue weighted by molar-refractivity contribution is -0.152. The summed E-state index contributed by atoms with van der Waals surface area (Å²) in [7, 11) is 0. The van der Waals surface area contributed by atoms with Gasteiger partial charge in [0.05, 0.1) is 12.5 Å². The van der Waals surface area contributed by atoms with Gasteiger partial charge in [-0.05, 0) is 12.3 Å².